The van der Waals surface area contributed by atoms with E-state index in [1.165, 1.54) is 4.68 Å². The van der Waals surface area contributed by atoms with E-state index in [0.717, 1.165) is 6.42 Å². The number of amides is 1. The number of hydrogen-bond acceptors (Lipinski definition) is 4. The molecule has 1 heterocycles. The fraction of sp³-hybridized carbons (Fsp3) is 0.636. The van der Waals surface area contributed by atoms with Crippen LogP contribution < -0.4 is 5.32 Å². The van der Waals surface area contributed by atoms with E-state index in [9.17, 15) is 9.59 Å². The van der Waals surface area contributed by atoms with E-state index in [2.05, 4.69) is 15.6 Å². The van der Waals surface area contributed by atoms with Crippen LogP contribution in [0, 0.1) is 0 Å². The van der Waals surface area contributed by atoms with Gasteiger partial charge in [-0.05, 0) is 20.3 Å². The molecule has 0 aliphatic rings. The summed E-state index contributed by atoms with van der Waals surface area (Å²) in [6.45, 7) is 5.63. The third-order valence-electron chi connectivity index (χ3n) is 2.27. The Morgan fingerprint density at radius 1 is 1.44 bits per heavy atom. The minimum atomic E-state index is -1.12. The van der Waals surface area contributed by atoms with Gasteiger partial charge in [0.2, 0.25) is 5.91 Å². The minimum Gasteiger partial charge on any atom is -0.476 e. The lowest BCUT2D eigenvalue weighted by molar-refractivity contribution is -0.122. The Kier molecular flexibility index (Phi) is 4.82. The van der Waals surface area contributed by atoms with Gasteiger partial charge in [-0.15, -0.1) is 5.10 Å². The van der Waals surface area contributed by atoms with E-state index in [0.29, 0.717) is 12.1 Å². The molecule has 0 aliphatic carbocycles. The van der Waals surface area contributed by atoms with Gasteiger partial charge in [-0.2, -0.15) is 0 Å². The third kappa shape index (κ3) is 3.54. The SMILES string of the molecule is CCCc1c(C(=O)O)nnn1CC(=O)NC(C)C. The van der Waals surface area contributed by atoms with Crippen LogP contribution in [0.25, 0.3) is 0 Å². The zero-order valence-electron chi connectivity index (χ0n) is 10.8. The lowest BCUT2D eigenvalue weighted by Gasteiger charge is -2.09. The van der Waals surface area contributed by atoms with Gasteiger partial charge in [0, 0.05) is 6.04 Å². The normalized spacial score (nSPS) is 10.7. The Morgan fingerprint density at radius 3 is 2.61 bits per heavy atom. The van der Waals surface area contributed by atoms with Gasteiger partial charge in [0.05, 0.1) is 5.69 Å². The molecule has 1 aromatic heterocycles. The molecule has 0 aromatic carbocycles. The molecule has 0 atom stereocenters. The summed E-state index contributed by atoms with van der Waals surface area (Å²) < 4.78 is 1.35. The molecule has 1 amide bonds. The van der Waals surface area contributed by atoms with Crippen molar-refractivity contribution < 1.29 is 14.7 Å². The maximum Gasteiger partial charge on any atom is 0.358 e. The standard InChI is InChI=1S/C11H18N4O3/c1-4-5-8-10(11(17)18)13-14-15(8)6-9(16)12-7(2)3/h7H,4-6H2,1-3H3,(H,12,16)(H,17,18). The Morgan fingerprint density at radius 2 is 2.11 bits per heavy atom. The van der Waals surface area contributed by atoms with Crippen LogP contribution in [0.1, 0.15) is 43.4 Å². The predicted molar refractivity (Wildman–Crippen MR) is 64.3 cm³/mol. The second kappa shape index (κ2) is 6.13. The lowest BCUT2D eigenvalue weighted by Crippen LogP contribution is -2.33. The van der Waals surface area contributed by atoms with Gasteiger partial charge < -0.3 is 10.4 Å². The predicted octanol–water partition coefficient (Wildman–Crippen LogP) is 0.453. The highest BCUT2D eigenvalue weighted by Crippen LogP contribution is 2.08. The monoisotopic (exact) mass is 254 g/mol. The van der Waals surface area contributed by atoms with Crippen molar-refractivity contribution in [3.05, 3.63) is 11.4 Å². The zero-order valence-corrected chi connectivity index (χ0v) is 10.8. The third-order valence-corrected chi connectivity index (χ3v) is 2.27. The summed E-state index contributed by atoms with van der Waals surface area (Å²) in [7, 11) is 0. The fourth-order valence-corrected chi connectivity index (χ4v) is 1.61. The summed E-state index contributed by atoms with van der Waals surface area (Å²) in [6.07, 6.45) is 1.29. The molecular formula is C11H18N4O3. The largest absolute Gasteiger partial charge is 0.476 e. The summed E-state index contributed by atoms with van der Waals surface area (Å²) in [4.78, 5) is 22.6. The highest BCUT2D eigenvalue weighted by Gasteiger charge is 2.19. The Bertz CT molecular complexity index is 439. The van der Waals surface area contributed by atoms with Crippen molar-refractivity contribution in [1.82, 2.24) is 20.3 Å². The number of nitrogens with one attached hydrogen (secondary N) is 1. The molecule has 7 heteroatoms. The number of nitrogens with zero attached hydrogens (tertiary/aromatic N) is 3. The maximum atomic E-state index is 11.6. The molecule has 0 aliphatic heterocycles. The smallest absolute Gasteiger partial charge is 0.358 e. The van der Waals surface area contributed by atoms with Crippen molar-refractivity contribution in [1.29, 1.82) is 0 Å². The van der Waals surface area contributed by atoms with Crippen LogP contribution >= 0.6 is 0 Å². The topological polar surface area (TPSA) is 97.1 Å². The Labute approximate surface area is 105 Å². The summed E-state index contributed by atoms with van der Waals surface area (Å²) in [5.74, 6) is -1.32. The van der Waals surface area contributed by atoms with Gasteiger partial charge >= 0.3 is 5.97 Å². The van der Waals surface area contributed by atoms with Crippen LogP contribution in [0.5, 0.6) is 0 Å². The number of aromatic carboxylic acids is 1. The Balaban J connectivity index is 2.88. The molecule has 1 aromatic rings. The second-order valence-electron chi connectivity index (χ2n) is 4.32. The van der Waals surface area contributed by atoms with Crippen LogP contribution in [-0.2, 0) is 17.8 Å². The molecule has 0 bridgehead atoms. The summed E-state index contributed by atoms with van der Waals surface area (Å²) in [5.41, 5.74) is 0.415. The molecule has 0 spiro atoms. The number of hydrogen-bond donors (Lipinski definition) is 2. The first-order valence-corrected chi connectivity index (χ1v) is 5.90. The number of carboxylic acid groups (broad SMARTS) is 1. The van der Waals surface area contributed by atoms with Crippen molar-refractivity contribution in [2.24, 2.45) is 0 Å². The van der Waals surface area contributed by atoms with Crippen LogP contribution in [-0.4, -0.2) is 38.0 Å². The highest BCUT2D eigenvalue weighted by molar-refractivity contribution is 5.86. The summed E-state index contributed by atoms with van der Waals surface area (Å²) in [6, 6.07) is 0.0367. The molecule has 0 radical (unpaired) electrons. The Hall–Kier alpha value is -1.92. The first-order chi connectivity index (χ1) is 8.45. The van der Waals surface area contributed by atoms with Gasteiger partial charge in [0.25, 0.3) is 0 Å². The van der Waals surface area contributed by atoms with E-state index in [1.807, 2.05) is 20.8 Å². The lowest BCUT2D eigenvalue weighted by atomic mass is 10.2. The van der Waals surface area contributed by atoms with Gasteiger partial charge in [0.1, 0.15) is 6.54 Å². The first kappa shape index (κ1) is 14.1. The number of aromatic nitrogens is 3. The molecule has 0 saturated heterocycles. The molecule has 0 fully saturated rings. The van der Waals surface area contributed by atoms with Gasteiger partial charge in [0.15, 0.2) is 5.69 Å². The average Bonchev–Trinajstić information content (AvgIpc) is 2.61. The summed E-state index contributed by atoms with van der Waals surface area (Å²) >= 11 is 0. The van der Waals surface area contributed by atoms with E-state index < -0.39 is 5.97 Å². The van der Waals surface area contributed by atoms with E-state index in [1.54, 1.807) is 0 Å². The maximum absolute atomic E-state index is 11.6. The minimum absolute atomic E-state index is 0.00616. The molecule has 0 saturated carbocycles. The van der Waals surface area contributed by atoms with Crippen LogP contribution in [0.15, 0.2) is 0 Å². The zero-order chi connectivity index (χ0) is 13.7. The number of carbonyl (C=O) groups is 2. The molecule has 2 N–H and O–H groups in total. The first-order valence-electron chi connectivity index (χ1n) is 5.90. The molecule has 100 valence electrons. The number of carbonyl (C=O) groups excluding carboxylic acids is 1. The van der Waals surface area contributed by atoms with Crippen LogP contribution in [0.2, 0.25) is 0 Å². The second-order valence-corrected chi connectivity index (χ2v) is 4.32. The molecule has 18 heavy (non-hydrogen) atoms. The summed E-state index contributed by atoms with van der Waals surface area (Å²) in [5, 5.41) is 19.0. The van der Waals surface area contributed by atoms with Crippen molar-refractivity contribution >= 4 is 11.9 Å². The van der Waals surface area contributed by atoms with Crippen molar-refractivity contribution in [3.8, 4) is 0 Å². The van der Waals surface area contributed by atoms with Crippen molar-refractivity contribution in [3.63, 3.8) is 0 Å². The number of rotatable bonds is 6. The molecule has 7 nitrogen and oxygen atoms in total. The average molecular weight is 254 g/mol. The van der Waals surface area contributed by atoms with E-state index in [-0.39, 0.29) is 24.2 Å². The van der Waals surface area contributed by atoms with E-state index >= 15 is 0 Å². The van der Waals surface area contributed by atoms with Gasteiger partial charge in [-0.25, -0.2) is 9.48 Å². The van der Waals surface area contributed by atoms with Crippen LogP contribution in [0.3, 0.4) is 0 Å². The quantitative estimate of drug-likeness (QED) is 0.768. The molecular weight excluding hydrogens is 236 g/mol. The number of carboxylic acids is 1. The fourth-order valence-electron chi connectivity index (χ4n) is 1.61. The highest BCUT2D eigenvalue weighted by atomic mass is 16.4. The van der Waals surface area contributed by atoms with Crippen molar-refractivity contribution in [2.75, 3.05) is 0 Å². The van der Waals surface area contributed by atoms with E-state index in [4.69, 9.17) is 5.11 Å². The van der Waals surface area contributed by atoms with Crippen molar-refractivity contribution in [2.45, 2.75) is 46.2 Å². The molecule has 0 unspecified atom stereocenters. The van der Waals surface area contributed by atoms with Crippen LogP contribution in [0.4, 0.5) is 0 Å². The van der Waals surface area contributed by atoms with Gasteiger partial charge in [-0.1, -0.05) is 18.6 Å². The molecule has 1 rings (SSSR count). The van der Waals surface area contributed by atoms with Gasteiger partial charge in [-0.3, -0.25) is 4.79 Å².